The highest BCUT2D eigenvalue weighted by atomic mass is 79.9. The standard InChI is InChI=1S/C16H20BrNO2/c1-4-14-12(8-9-20-14)16(18-5-2)11-6-7-15(19-3)13(17)10-11/h6-10,16,18H,4-5H2,1-3H3. The Bertz CT molecular complexity index is 565. The molecule has 0 aliphatic heterocycles. The molecule has 2 aromatic rings. The van der Waals surface area contributed by atoms with Gasteiger partial charge in [0.15, 0.2) is 0 Å². The van der Waals surface area contributed by atoms with Gasteiger partial charge in [0.25, 0.3) is 0 Å². The number of halogens is 1. The number of furan rings is 1. The van der Waals surface area contributed by atoms with Crippen molar-refractivity contribution in [3.63, 3.8) is 0 Å². The molecule has 1 aromatic heterocycles. The molecule has 0 bridgehead atoms. The fourth-order valence-electron chi connectivity index (χ4n) is 2.37. The highest BCUT2D eigenvalue weighted by Crippen LogP contribution is 2.32. The molecule has 0 aliphatic rings. The number of ether oxygens (including phenoxy) is 1. The lowest BCUT2D eigenvalue weighted by Crippen LogP contribution is -2.22. The van der Waals surface area contributed by atoms with E-state index in [0.29, 0.717) is 0 Å². The Balaban J connectivity index is 2.40. The zero-order valence-electron chi connectivity index (χ0n) is 12.1. The fraction of sp³-hybridized carbons (Fsp3) is 0.375. The lowest BCUT2D eigenvalue weighted by Gasteiger charge is -2.19. The molecule has 20 heavy (non-hydrogen) atoms. The van der Waals surface area contributed by atoms with Crippen molar-refractivity contribution in [3.8, 4) is 5.75 Å². The molecular formula is C16H20BrNO2. The summed E-state index contributed by atoms with van der Waals surface area (Å²) in [5, 5.41) is 3.52. The molecule has 1 aromatic carbocycles. The third kappa shape index (κ3) is 3.07. The second kappa shape index (κ2) is 6.95. The number of aryl methyl sites for hydroxylation is 1. The first-order chi connectivity index (χ1) is 9.71. The van der Waals surface area contributed by atoms with Crippen LogP contribution in [0.25, 0.3) is 0 Å². The van der Waals surface area contributed by atoms with Gasteiger partial charge in [-0.05, 0) is 46.2 Å². The van der Waals surface area contributed by atoms with Crippen LogP contribution in [0.1, 0.15) is 36.8 Å². The number of hydrogen-bond donors (Lipinski definition) is 1. The van der Waals surface area contributed by atoms with Gasteiger partial charge in [-0.3, -0.25) is 0 Å². The van der Waals surface area contributed by atoms with E-state index < -0.39 is 0 Å². The summed E-state index contributed by atoms with van der Waals surface area (Å²) in [7, 11) is 1.67. The van der Waals surface area contributed by atoms with Crippen LogP contribution in [0.2, 0.25) is 0 Å². The number of nitrogens with one attached hydrogen (secondary N) is 1. The molecular weight excluding hydrogens is 318 g/mol. The highest BCUT2D eigenvalue weighted by Gasteiger charge is 2.19. The minimum absolute atomic E-state index is 0.135. The van der Waals surface area contributed by atoms with E-state index in [2.05, 4.69) is 47.2 Å². The molecule has 0 aliphatic carbocycles. The number of benzene rings is 1. The molecule has 0 spiro atoms. The number of methoxy groups -OCH3 is 1. The Hall–Kier alpha value is -1.26. The molecule has 0 fully saturated rings. The summed E-state index contributed by atoms with van der Waals surface area (Å²) in [4.78, 5) is 0. The van der Waals surface area contributed by atoms with Crippen LogP contribution in [-0.4, -0.2) is 13.7 Å². The van der Waals surface area contributed by atoms with E-state index in [1.54, 1.807) is 13.4 Å². The summed E-state index contributed by atoms with van der Waals surface area (Å²) in [6.07, 6.45) is 2.65. The van der Waals surface area contributed by atoms with Gasteiger partial charge >= 0.3 is 0 Å². The Morgan fingerprint density at radius 2 is 2.10 bits per heavy atom. The van der Waals surface area contributed by atoms with Gasteiger partial charge in [0.05, 0.1) is 23.9 Å². The summed E-state index contributed by atoms with van der Waals surface area (Å²) in [6.45, 7) is 5.11. The molecule has 0 saturated heterocycles. The van der Waals surface area contributed by atoms with E-state index in [1.165, 1.54) is 11.1 Å². The largest absolute Gasteiger partial charge is 0.496 e. The van der Waals surface area contributed by atoms with Crippen LogP contribution in [-0.2, 0) is 6.42 Å². The summed E-state index contributed by atoms with van der Waals surface area (Å²) >= 11 is 3.55. The van der Waals surface area contributed by atoms with Crippen LogP contribution in [0.3, 0.4) is 0 Å². The SMILES string of the molecule is CCNC(c1ccc(OC)c(Br)c1)c1ccoc1CC. The molecule has 108 valence electrons. The summed E-state index contributed by atoms with van der Waals surface area (Å²) in [5.41, 5.74) is 2.39. The van der Waals surface area contributed by atoms with Crippen molar-refractivity contribution in [2.24, 2.45) is 0 Å². The molecule has 1 atom stereocenters. The minimum Gasteiger partial charge on any atom is -0.496 e. The monoisotopic (exact) mass is 337 g/mol. The molecule has 1 unspecified atom stereocenters. The normalized spacial score (nSPS) is 12.4. The molecule has 1 heterocycles. The number of rotatable bonds is 6. The van der Waals surface area contributed by atoms with Crippen LogP contribution in [0, 0.1) is 0 Å². The second-order valence-corrected chi connectivity index (χ2v) is 5.39. The Morgan fingerprint density at radius 1 is 1.30 bits per heavy atom. The first-order valence-corrected chi connectivity index (χ1v) is 7.63. The van der Waals surface area contributed by atoms with Crippen molar-refractivity contribution >= 4 is 15.9 Å². The number of hydrogen-bond acceptors (Lipinski definition) is 3. The quantitative estimate of drug-likeness (QED) is 0.852. The molecule has 1 N–H and O–H groups in total. The zero-order valence-corrected chi connectivity index (χ0v) is 13.7. The van der Waals surface area contributed by atoms with Crippen molar-refractivity contribution in [1.82, 2.24) is 5.32 Å². The van der Waals surface area contributed by atoms with Gasteiger partial charge in [0.2, 0.25) is 0 Å². The van der Waals surface area contributed by atoms with E-state index in [0.717, 1.165) is 28.9 Å². The Labute approximate surface area is 128 Å². The average molecular weight is 338 g/mol. The average Bonchev–Trinajstić information content (AvgIpc) is 2.92. The van der Waals surface area contributed by atoms with Crippen molar-refractivity contribution in [3.05, 3.63) is 51.9 Å². The van der Waals surface area contributed by atoms with Gasteiger partial charge < -0.3 is 14.5 Å². The first kappa shape index (κ1) is 15.1. The molecule has 4 heteroatoms. The van der Waals surface area contributed by atoms with Gasteiger partial charge in [0, 0.05) is 12.0 Å². The second-order valence-electron chi connectivity index (χ2n) is 4.54. The lowest BCUT2D eigenvalue weighted by molar-refractivity contribution is 0.411. The van der Waals surface area contributed by atoms with Gasteiger partial charge in [-0.2, -0.15) is 0 Å². The summed E-state index contributed by atoms with van der Waals surface area (Å²) < 4.78 is 11.8. The Morgan fingerprint density at radius 3 is 2.70 bits per heavy atom. The predicted molar refractivity (Wildman–Crippen MR) is 84.3 cm³/mol. The fourth-order valence-corrected chi connectivity index (χ4v) is 2.93. The topological polar surface area (TPSA) is 34.4 Å². The summed E-state index contributed by atoms with van der Waals surface area (Å²) in [6, 6.07) is 8.35. The van der Waals surface area contributed by atoms with Crippen molar-refractivity contribution in [1.29, 1.82) is 0 Å². The van der Waals surface area contributed by atoms with E-state index in [1.807, 2.05) is 12.1 Å². The van der Waals surface area contributed by atoms with Crippen LogP contribution >= 0.6 is 15.9 Å². The maximum absolute atomic E-state index is 5.56. The van der Waals surface area contributed by atoms with Crippen LogP contribution in [0.15, 0.2) is 39.4 Å². The molecule has 0 radical (unpaired) electrons. The predicted octanol–water partition coefficient (Wildman–Crippen LogP) is 4.31. The zero-order chi connectivity index (χ0) is 14.5. The van der Waals surface area contributed by atoms with E-state index in [9.17, 15) is 0 Å². The summed E-state index contributed by atoms with van der Waals surface area (Å²) in [5.74, 6) is 1.87. The molecule has 0 saturated carbocycles. The van der Waals surface area contributed by atoms with Gasteiger partial charge in [-0.15, -0.1) is 0 Å². The highest BCUT2D eigenvalue weighted by molar-refractivity contribution is 9.10. The van der Waals surface area contributed by atoms with Crippen LogP contribution < -0.4 is 10.1 Å². The van der Waals surface area contributed by atoms with Gasteiger partial charge in [-0.1, -0.05) is 19.9 Å². The third-order valence-corrected chi connectivity index (χ3v) is 3.95. The van der Waals surface area contributed by atoms with Crippen LogP contribution in [0.4, 0.5) is 0 Å². The smallest absolute Gasteiger partial charge is 0.133 e. The van der Waals surface area contributed by atoms with E-state index in [4.69, 9.17) is 9.15 Å². The van der Waals surface area contributed by atoms with E-state index >= 15 is 0 Å². The van der Waals surface area contributed by atoms with Crippen molar-refractivity contribution in [2.75, 3.05) is 13.7 Å². The maximum Gasteiger partial charge on any atom is 0.133 e. The molecule has 0 amide bonds. The van der Waals surface area contributed by atoms with Crippen molar-refractivity contribution in [2.45, 2.75) is 26.3 Å². The third-order valence-electron chi connectivity index (χ3n) is 3.33. The van der Waals surface area contributed by atoms with Gasteiger partial charge in [-0.25, -0.2) is 0 Å². The minimum atomic E-state index is 0.135. The van der Waals surface area contributed by atoms with Crippen LogP contribution in [0.5, 0.6) is 5.75 Å². The van der Waals surface area contributed by atoms with E-state index in [-0.39, 0.29) is 6.04 Å². The maximum atomic E-state index is 5.56. The molecule has 2 rings (SSSR count). The van der Waals surface area contributed by atoms with Crippen molar-refractivity contribution < 1.29 is 9.15 Å². The lowest BCUT2D eigenvalue weighted by atomic mass is 9.98. The first-order valence-electron chi connectivity index (χ1n) is 6.84. The molecule has 3 nitrogen and oxygen atoms in total. The van der Waals surface area contributed by atoms with Gasteiger partial charge in [0.1, 0.15) is 11.5 Å². The Kier molecular flexibility index (Phi) is 5.26.